The van der Waals surface area contributed by atoms with Crippen LogP contribution in [0.4, 0.5) is 17.1 Å². The molecule has 12 aromatic rings. The van der Waals surface area contributed by atoms with Crippen molar-refractivity contribution in [1.82, 2.24) is 4.57 Å². The Kier molecular flexibility index (Phi) is 9.20. The Morgan fingerprint density at radius 2 is 0.844 bits per heavy atom. The van der Waals surface area contributed by atoms with Crippen molar-refractivity contribution < 1.29 is 0 Å². The van der Waals surface area contributed by atoms with E-state index in [1.165, 1.54) is 71.2 Å². The number of nitrogens with zero attached hydrogens (tertiary/aromatic N) is 2. The monoisotopic (exact) mass is 814 g/mol. The molecule has 2 nitrogen and oxygen atoms in total. The molecule has 0 aliphatic carbocycles. The van der Waals surface area contributed by atoms with Crippen LogP contribution < -0.4 is 4.90 Å². The van der Waals surface area contributed by atoms with E-state index in [1.807, 2.05) is 0 Å². The van der Waals surface area contributed by atoms with Crippen molar-refractivity contribution in [2.24, 2.45) is 0 Å². The first kappa shape index (κ1) is 37.3. The fraction of sp³-hybridized carbons (Fsp3) is 0. The molecule has 0 amide bonds. The molecule has 11 aromatic carbocycles. The molecule has 0 bridgehead atoms. The molecular formula is C62H42N2. The summed E-state index contributed by atoms with van der Waals surface area (Å²) in [5, 5.41) is 7.47. The fourth-order valence-electron chi connectivity index (χ4n) is 9.72. The van der Waals surface area contributed by atoms with Gasteiger partial charge in [0.25, 0.3) is 0 Å². The SMILES string of the molecule is c1ccc(-c2ccc(N(c3ccc(-c4ccccc4-n4c5ccccc5c5cc6ccccc6cc54)cc3)c3cccc(-c4cccc5ccccc45)c3)c(-c3ccccc3)c2)cc1. The van der Waals surface area contributed by atoms with Crippen molar-refractivity contribution in [2.45, 2.75) is 0 Å². The Balaban J connectivity index is 1.04. The molecule has 2 heteroatoms. The minimum atomic E-state index is 1.07. The smallest absolute Gasteiger partial charge is 0.0547 e. The molecular weight excluding hydrogens is 773 g/mol. The van der Waals surface area contributed by atoms with Crippen LogP contribution in [0.25, 0.3) is 93.5 Å². The molecule has 0 N–H and O–H groups in total. The van der Waals surface area contributed by atoms with Gasteiger partial charge in [-0.05, 0) is 116 Å². The van der Waals surface area contributed by atoms with E-state index in [0.29, 0.717) is 0 Å². The lowest BCUT2D eigenvalue weighted by Gasteiger charge is -2.29. The van der Waals surface area contributed by atoms with E-state index in [4.69, 9.17) is 0 Å². The van der Waals surface area contributed by atoms with Crippen LogP contribution in [0.2, 0.25) is 0 Å². The summed E-state index contributed by atoms with van der Waals surface area (Å²) >= 11 is 0. The second-order valence-corrected chi connectivity index (χ2v) is 16.5. The predicted octanol–water partition coefficient (Wildman–Crippen LogP) is 17.2. The molecule has 0 atom stereocenters. The molecule has 12 rings (SSSR count). The van der Waals surface area contributed by atoms with Crippen LogP contribution in [0.15, 0.2) is 255 Å². The van der Waals surface area contributed by atoms with Crippen LogP contribution in [-0.4, -0.2) is 4.57 Å². The Morgan fingerprint density at radius 1 is 0.266 bits per heavy atom. The van der Waals surface area contributed by atoms with Gasteiger partial charge >= 0.3 is 0 Å². The van der Waals surface area contributed by atoms with Crippen LogP contribution >= 0.6 is 0 Å². The molecule has 0 aliphatic heterocycles. The van der Waals surface area contributed by atoms with Crippen molar-refractivity contribution in [3.05, 3.63) is 255 Å². The van der Waals surface area contributed by atoms with Crippen LogP contribution in [0.3, 0.4) is 0 Å². The molecule has 0 saturated heterocycles. The zero-order valence-corrected chi connectivity index (χ0v) is 35.1. The van der Waals surface area contributed by atoms with E-state index in [-0.39, 0.29) is 0 Å². The number of rotatable bonds is 8. The van der Waals surface area contributed by atoms with E-state index < -0.39 is 0 Å². The van der Waals surface area contributed by atoms with Gasteiger partial charge in [0, 0.05) is 33.3 Å². The molecule has 1 aromatic heterocycles. The van der Waals surface area contributed by atoms with E-state index in [0.717, 1.165) is 39.4 Å². The molecule has 300 valence electrons. The largest absolute Gasteiger partial charge is 0.310 e. The summed E-state index contributed by atoms with van der Waals surface area (Å²) in [4.78, 5) is 2.43. The number of hydrogen-bond acceptors (Lipinski definition) is 1. The van der Waals surface area contributed by atoms with Gasteiger partial charge in [0.2, 0.25) is 0 Å². The Labute approximate surface area is 373 Å². The highest BCUT2D eigenvalue weighted by molar-refractivity contribution is 6.14. The second-order valence-electron chi connectivity index (χ2n) is 16.5. The average Bonchev–Trinajstić information content (AvgIpc) is 3.69. The quantitative estimate of drug-likeness (QED) is 0.148. The van der Waals surface area contributed by atoms with Gasteiger partial charge in [-0.15, -0.1) is 0 Å². The molecule has 0 spiro atoms. The molecule has 0 saturated carbocycles. The third-order valence-electron chi connectivity index (χ3n) is 12.8. The van der Waals surface area contributed by atoms with Crippen LogP contribution in [-0.2, 0) is 0 Å². The summed E-state index contributed by atoms with van der Waals surface area (Å²) in [5.74, 6) is 0. The number of benzene rings is 11. The van der Waals surface area contributed by atoms with Gasteiger partial charge in [0.1, 0.15) is 0 Å². The minimum Gasteiger partial charge on any atom is -0.310 e. The number of fused-ring (bicyclic) bond motifs is 5. The van der Waals surface area contributed by atoms with Gasteiger partial charge in [-0.2, -0.15) is 0 Å². The topological polar surface area (TPSA) is 8.17 Å². The van der Waals surface area contributed by atoms with Crippen molar-refractivity contribution in [3.63, 3.8) is 0 Å². The maximum absolute atomic E-state index is 2.45. The van der Waals surface area contributed by atoms with E-state index in [9.17, 15) is 0 Å². The third-order valence-corrected chi connectivity index (χ3v) is 12.8. The normalized spacial score (nSPS) is 11.4. The predicted molar refractivity (Wildman–Crippen MR) is 272 cm³/mol. The summed E-state index contributed by atoms with van der Waals surface area (Å²) in [6.45, 7) is 0. The molecule has 0 unspecified atom stereocenters. The van der Waals surface area contributed by atoms with Crippen LogP contribution in [0.5, 0.6) is 0 Å². The summed E-state index contributed by atoms with van der Waals surface area (Å²) < 4.78 is 2.45. The highest BCUT2D eigenvalue weighted by Crippen LogP contribution is 2.45. The van der Waals surface area contributed by atoms with Crippen LogP contribution in [0, 0.1) is 0 Å². The van der Waals surface area contributed by atoms with Crippen LogP contribution in [0.1, 0.15) is 0 Å². The van der Waals surface area contributed by atoms with E-state index >= 15 is 0 Å². The number of aromatic nitrogens is 1. The maximum Gasteiger partial charge on any atom is 0.0547 e. The van der Waals surface area contributed by atoms with Crippen molar-refractivity contribution >= 4 is 60.4 Å². The zero-order valence-electron chi connectivity index (χ0n) is 35.1. The van der Waals surface area contributed by atoms with E-state index in [2.05, 4.69) is 264 Å². The first-order valence-corrected chi connectivity index (χ1v) is 22.0. The Bertz CT molecular complexity index is 3650. The number of hydrogen-bond donors (Lipinski definition) is 0. The molecule has 0 aliphatic rings. The van der Waals surface area contributed by atoms with Crippen molar-refractivity contribution in [3.8, 4) is 50.2 Å². The summed E-state index contributed by atoms with van der Waals surface area (Å²) in [5.41, 5.74) is 16.2. The molecule has 0 radical (unpaired) electrons. The first-order valence-electron chi connectivity index (χ1n) is 22.0. The van der Waals surface area contributed by atoms with Gasteiger partial charge in [-0.3, -0.25) is 0 Å². The number of para-hydroxylation sites is 2. The summed E-state index contributed by atoms with van der Waals surface area (Å²) in [6.07, 6.45) is 0. The lowest BCUT2D eigenvalue weighted by molar-refractivity contribution is 1.18. The highest BCUT2D eigenvalue weighted by Gasteiger charge is 2.21. The fourth-order valence-corrected chi connectivity index (χ4v) is 9.72. The van der Waals surface area contributed by atoms with Gasteiger partial charge in [0.05, 0.1) is 22.4 Å². The molecule has 1 heterocycles. The summed E-state index contributed by atoms with van der Waals surface area (Å²) in [6, 6.07) is 92.8. The highest BCUT2D eigenvalue weighted by atomic mass is 15.1. The van der Waals surface area contributed by atoms with Crippen molar-refractivity contribution in [2.75, 3.05) is 4.90 Å². The Hall–Kier alpha value is -8.46. The van der Waals surface area contributed by atoms with Gasteiger partial charge in [0.15, 0.2) is 0 Å². The average molecular weight is 815 g/mol. The van der Waals surface area contributed by atoms with Gasteiger partial charge in [-0.1, -0.05) is 194 Å². The van der Waals surface area contributed by atoms with Gasteiger partial charge < -0.3 is 9.47 Å². The number of anilines is 3. The standard InChI is InChI=1S/C62H42N2/c1-3-17-43(18-4-1)49-35-38-61(57(40-49)45-19-5-2-6-20-45)63(52-26-15-25-50(39-52)54-30-16-24-44-21-9-10-27-53(44)54)51-36-33-46(34-37-51)55-28-11-13-31-59(55)64-60-32-14-12-29-56(60)58-41-47-22-7-8-23-48(47)42-62(58)64/h1-42H. The third kappa shape index (κ3) is 6.52. The van der Waals surface area contributed by atoms with E-state index in [1.54, 1.807) is 0 Å². The lowest BCUT2D eigenvalue weighted by atomic mass is 9.95. The maximum atomic E-state index is 2.45. The summed E-state index contributed by atoms with van der Waals surface area (Å²) in [7, 11) is 0. The zero-order chi connectivity index (χ0) is 42.4. The molecule has 0 fully saturated rings. The minimum absolute atomic E-state index is 1.07. The first-order chi connectivity index (χ1) is 31.7. The molecule has 64 heavy (non-hydrogen) atoms. The lowest BCUT2D eigenvalue weighted by Crippen LogP contribution is -2.11. The Morgan fingerprint density at radius 3 is 1.66 bits per heavy atom. The van der Waals surface area contributed by atoms with Gasteiger partial charge in [-0.25, -0.2) is 0 Å². The van der Waals surface area contributed by atoms with Crippen molar-refractivity contribution in [1.29, 1.82) is 0 Å². The second kappa shape index (κ2) is 15.8.